The maximum Gasteiger partial charge on any atom is 0.323 e. The molecule has 1 saturated heterocycles. The summed E-state index contributed by atoms with van der Waals surface area (Å²) in [7, 11) is 0. The summed E-state index contributed by atoms with van der Waals surface area (Å²) in [5, 5.41) is 8.97. The maximum absolute atomic E-state index is 13.2. The molecule has 1 fully saturated rings. The van der Waals surface area contributed by atoms with Crippen LogP contribution in [0.5, 0.6) is 0 Å². The first-order chi connectivity index (χ1) is 11.9. The SMILES string of the molecule is CC(=O)N(CC(=O)O)[C@@H]1CCCN(C(=O)Cc2cccc(F)c2)CC1. The van der Waals surface area contributed by atoms with Gasteiger partial charge in [-0.25, -0.2) is 4.39 Å². The zero-order chi connectivity index (χ0) is 18.4. The molecule has 0 radical (unpaired) electrons. The van der Waals surface area contributed by atoms with E-state index in [1.807, 2.05) is 0 Å². The van der Waals surface area contributed by atoms with Crippen molar-refractivity contribution in [3.63, 3.8) is 0 Å². The van der Waals surface area contributed by atoms with Crippen molar-refractivity contribution in [1.82, 2.24) is 9.80 Å². The van der Waals surface area contributed by atoms with E-state index in [1.165, 1.54) is 24.0 Å². The molecule has 25 heavy (non-hydrogen) atoms. The van der Waals surface area contributed by atoms with E-state index in [0.29, 0.717) is 37.9 Å². The molecule has 1 aromatic rings. The summed E-state index contributed by atoms with van der Waals surface area (Å²) >= 11 is 0. The van der Waals surface area contributed by atoms with E-state index < -0.39 is 5.97 Å². The van der Waals surface area contributed by atoms with Crippen LogP contribution in [0.15, 0.2) is 24.3 Å². The molecule has 7 heteroatoms. The van der Waals surface area contributed by atoms with Gasteiger partial charge in [0.1, 0.15) is 12.4 Å². The Bertz CT molecular complexity index is 650. The Hall–Kier alpha value is -2.44. The number of carboxylic acids is 1. The molecule has 0 spiro atoms. The zero-order valence-corrected chi connectivity index (χ0v) is 14.3. The predicted octanol–water partition coefficient (Wildman–Crippen LogP) is 1.68. The van der Waals surface area contributed by atoms with Gasteiger partial charge in [-0.2, -0.15) is 0 Å². The Morgan fingerprint density at radius 2 is 2.04 bits per heavy atom. The van der Waals surface area contributed by atoms with Crippen molar-refractivity contribution >= 4 is 17.8 Å². The maximum atomic E-state index is 13.2. The molecule has 1 aromatic carbocycles. The summed E-state index contributed by atoms with van der Waals surface area (Å²) in [4.78, 5) is 38.2. The lowest BCUT2D eigenvalue weighted by atomic mass is 10.1. The normalized spacial score (nSPS) is 17.7. The van der Waals surface area contributed by atoms with E-state index in [1.54, 1.807) is 17.0 Å². The minimum absolute atomic E-state index is 0.0844. The predicted molar refractivity (Wildman–Crippen MR) is 89.3 cm³/mol. The van der Waals surface area contributed by atoms with Crippen LogP contribution in [0.4, 0.5) is 4.39 Å². The lowest BCUT2D eigenvalue weighted by Gasteiger charge is -2.28. The standard InChI is InChI=1S/C18H23FN2O4/c1-13(22)21(12-18(24)25)16-6-3-8-20(9-7-16)17(23)11-14-4-2-5-15(19)10-14/h2,4-5,10,16H,3,6-9,11-12H2,1H3,(H,24,25)/t16-/m1/s1. The number of aliphatic carboxylic acids is 1. The minimum Gasteiger partial charge on any atom is -0.480 e. The highest BCUT2D eigenvalue weighted by atomic mass is 19.1. The summed E-state index contributed by atoms with van der Waals surface area (Å²) in [6.45, 7) is 2.06. The molecule has 1 aliphatic rings. The Labute approximate surface area is 146 Å². The quantitative estimate of drug-likeness (QED) is 0.876. The minimum atomic E-state index is -1.04. The van der Waals surface area contributed by atoms with Crippen LogP contribution in [0.25, 0.3) is 0 Å². The number of amides is 2. The van der Waals surface area contributed by atoms with Crippen molar-refractivity contribution in [3.8, 4) is 0 Å². The van der Waals surface area contributed by atoms with Crippen LogP contribution < -0.4 is 0 Å². The molecular weight excluding hydrogens is 327 g/mol. The first-order valence-corrected chi connectivity index (χ1v) is 8.38. The molecule has 2 rings (SSSR count). The first kappa shape index (κ1) is 18.9. The van der Waals surface area contributed by atoms with Crippen molar-refractivity contribution in [2.24, 2.45) is 0 Å². The van der Waals surface area contributed by atoms with Crippen molar-refractivity contribution in [3.05, 3.63) is 35.6 Å². The van der Waals surface area contributed by atoms with Crippen LogP contribution in [-0.4, -0.2) is 58.4 Å². The third-order valence-electron chi connectivity index (χ3n) is 4.45. The fourth-order valence-electron chi connectivity index (χ4n) is 3.22. The van der Waals surface area contributed by atoms with Gasteiger partial charge in [0.15, 0.2) is 0 Å². The van der Waals surface area contributed by atoms with Gasteiger partial charge in [0, 0.05) is 26.1 Å². The second kappa shape index (κ2) is 8.60. The second-order valence-corrected chi connectivity index (χ2v) is 6.31. The van der Waals surface area contributed by atoms with Crippen molar-refractivity contribution < 1.29 is 23.9 Å². The van der Waals surface area contributed by atoms with Crippen LogP contribution in [0.3, 0.4) is 0 Å². The number of carbonyl (C=O) groups excluding carboxylic acids is 2. The molecule has 1 N–H and O–H groups in total. The van der Waals surface area contributed by atoms with Gasteiger partial charge in [-0.1, -0.05) is 12.1 Å². The van der Waals surface area contributed by atoms with Gasteiger partial charge in [-0.15, -0.1) is 0 Å². The third kappa shape index (κ3) is 5.55. The van der Waals surface area contributed by atoms with Crippen molar-refractivity contribution in [1.29, 1.82) is 0 Å². The number of rotatable bonds is 5. The number of hydrogen-bond acceptors (Lipinski definition) is 3. The zero-order valence-electron chi connectivity index (χ0n) is 14.3. The number of benzene rings is 1. The smallest absolute Gasteiger partial charge is 0.323 e. The van der Waals surface area contributed by atoms with Crippen LogP contribution in [0, 0.1) is 5.82 Å². The number of nitrogens with zero attached hydrogens (tertiary/aromatic N) is 2. The highest BCUT2D eigenvalue weighted by molar-refractivity contribution is 5.80. The Morgan fingerprint density at radius 1 is 1.28 bits per heavy atom. The fraction of sp³-hybridized carbons (Fsp3) is 0.500. The van der Waals surface area contributed by atoms with Gasteiger partial charge < -0.3 is 14.9 Å². The average molecular weight is 350 g/mol. The van der Waals surface area contributed by atoms with Gasteiger partial charge >= 0.3 is 5.97 Å². The molecule has 6 nitrogen and oxygen atoms in total. The van der Waals surface area contributed by atoms with E-state index in [2.05, 4.69) is 0 Å². The van der Waals surface area contributed by atoms with Crippen LogP contribution in [0.1, 0.15) is 31.7 Å². The summed E-state index contributed by atoms with van der Waals surface area (Å²) in [6.07, 6.45) is 2.04. The van der Waals surface area contributed by atoms with E-state index in [-0.39, 0.29) is 36.6 Å². The van der Waals surface area contributed by atoms with E-state index >= 15 is 0 Å². The van der Waals surface area contributed by atoms with Gasteiger partial charge in [-0.3, -0.25) is 14.4 Å². The summed E-state index contributed by atoms with van der Waals surface area (Å²) < 4.78 is 13.2. The average Bonchev–Trinajstić information content (AvgIpc) is 2.78. The van der Waals surface area contributed by atoms with Gasteiger partial charge in [0.05, 0.1) is 6.42 Å². The van der Waals surface area contributed by atoms with Crippen molar-refractivity contribution in [2.45, 2.75) is 38.6 Å². The van der Waals surface area contributed by atoms with Crippen LogP contribution in [0.2, 0.25) is 0 Å². The topological polar surface area (TPSA) is 77.9 Å². The lowest BCUT2D eigenvalue weighted by Crippen LogP contribution is -2.43. The molecular formula is C18H23FN2O4. The molecule has 1 heterocycles. The van der Waals surface area contributed by atoms with E-state index in [0.717, 1.165) is 0 Å². The molecule has 0 aromatic heterocycles. The van der Waals surface area contributed by atoms with E-state index in [4.69, 9.17) is 5.11 Å². The monoisotopic (exact) mass is 350 g/mol. The number of hydrogen-bond donors (Lipinski definition) is 1. The summed E-state index contributed by atoms with van der Waals surface area (Å²) in [6, 6.07) is 5.80. The molecule has 0 saturated carbocycles. The molecule has 0 bridgehead atoms. The lowest BCUT2D eigenvalue weighted by molar-refractivity contribution is -0.145. The highest BCUT2D eigenvalue weighted by Gasteiger charge is 2.27. The number of carbonyl (C=O) groups is 3. The van der Waals surface area contributed by atoms with Crippen molar-refractivity contribution in [2.75, 3.05) is 19.6 Å². The molecule has 0 aliphatic carbocycles. The Morgan fingerprint density at radius 3 is 2.68 bits per heavy atom. The molecule has 1 aliphatic heterocycles. The van der Waals surface area contributed by atoms with Gasteiger partial charge in [0.2, 0.25) is 11.8 Å². The molecule has 0 unspecified atom stereocenters. The first-order valence-electron chi connectivity index (χ1n) is 8.38. The largest absolute Gasteiger partial charge is 0.480 e. The highest BCUT2D eigenvalue weighted by Crippen LogP contribution is 2.18. The Balaban J connectivity index is 1.96. The Kier molecular flexibility index (Phi) is 6.50. The molecule has 136 valence electrons. The van der Waals surface area contributed by atoms with Crippen LogP contribution >= 0.6 is 0 Å². The fourth-order valence-corrected chi connectivity index (χ4v) is 3.22. The van der Waals surface area contributed by atoms with E-state index in [9.17, 15) is 18.8 Å². The van der Waals surface area contributed by atoms with Crippen LogP contribution in [-0.2, 0) is 20.8 Å². The summed E-state index contributed by atoms with van der Waals surface area (Å²) in [5.41, 5.74) is 0.627. The number of halogens is 1. The third-order valence-corrected chi connectivity index (χ3v) is 4.45. The molecule has 1 atom stereocenters. The second-order valence-electron chi connectivity index (χ2n) is 6.31. The number of likely N-dealkylation sites (tertiary alicyclic amines) is 1. The number of carboxylic acid groups (broad SMARTS) is 1. The summed E-state index contributed by atoms with van der Waals surface area (Å²) in [5.74, 6) is -1.77. The van der Waals surface area contributed by atoms with Gasteiger partial charge in [0.25, 0.3) is 0 Å². The molecule has 2 amide bonds. The van der Waals surface area contributed by atoms with Gasteiger partial charge in [-0.05, 0) is 37.0 Å².